The molecule has 4 aromatic rings. The quantitative estimate of drug-likeness (QED) is 0.181. The Hall–Kier alpha value is -5.31. The lowest BCUT2D eigenvalue weighted by Crippen LogP contribution is -2.51. The van der Waals surface area contributed by atoms with E-state index < -0.39 is 59.2 Å². The maximum absolute atomic E-state index is 14.8. The van der Waals surface area contributed by atoms with Gasteiger partial charge in [-0.15, -0.1) is 0 Å². The molecule has 2 unspecified atom stereocenters. The molecule has 2 saturated carbocycles. The van der Waals surface area contributed by atoms with Crippen molar-refractivity contribution in [3.63, 3.8) is 0 Å². The molecule has 4 amide bonds. The fraction of sp³-hybridized carbons (Fsp3) is 0.281. The van der Waals surface area contributed by atoms with E-state index in [1.807, 2.05) is 0 Å². The van der Waals surface area contributed by atoms with Crippen LogP contribution in [-0.2, 0) is 15.8 Å². The molecule has 15 heteroatoms. The van der Waals surface area contributed by atoms with E-state index in [4.69, 9.17) is 10.5 Å². The third-order valence-electron chi connectivity index (χ3n) is 8.69. The van der Waals surface area contributed by atoms with Gasteiger partial charge in [0.2, 0.25) is 11.5 Å². The van der Waals surface area contributed by atoms with Crippen LogP contribution in [0.1, 0.15) is 40.9 Å². The van der Waals surface area contributed by atoms with Crippen molar-refractivity contribution < 1.29 is 41.8 Å². The summed E-state index contributed by atoms with van der Waals surface area (Å²) in [6.07, 6.45) is -2.85. The number of carbonyl (C=O) groups is 3. The number of aliphatic hydroxyl groups is 1. The van der Waals surface area contributed by atoms with Gasteiger partial charge < -0.3 is 31.5 Å². The Morgan fingerprint density at radius 1 is 1.09 bits per heavy atom. The van der Waals surface area contributed by atoms with Gasteiger partial charge in [-0.25, -0.2) is 14.2 Å². The van der Waals surface area contributed by atoms with Crippen LogP contribution in [0.15, 0.2) is 60.8 Å². The number of halogens is 4. The number of rotatable bonds is 8. The molecule has 6 N–H and O–H groups in total. The molecule has 0 saturated heterocycles. The molecule has 3 heterocycles. The number of benzene rings is 2. The first kappa shape index (κ1) is 30.3. The summed E-state index contributed by atoms with van der Waals surface area (Å²) in [6.45, 7) is -1.38. The molecule has 0 spiro atoms. The van der Waals surface area contributed by atoms with Crippen molar-refractivity contribution in [1.29, 1.82) is 0 Å². The van der Waals surface area contributed by atoms with Crippen molar-refractivity contribution in [1.82, 2.24) is 20.6 Å². The van der Waals surface area contributed by atoms with Gasteiger partial charge in [-0.3, -0.25) is 14.6 Å². The van der Waals surface area contributed by atoms with Crippen molar-refractivity contribution in [3.05, 3.63) is 83.4 Å². The number of hydrogen-bond acceptors (Lipinski definition) is 7. The molecule has 3 atom stereocenters. The van der Waals surface area contributed by atoms with Gasteiger partial charge in [-0.2, -0.15) is 13.2 Å². The number of alkyl halides is 3. The van der Waals surface area contributed by atoms with E-state index in [0.717, 1.165) is 31.0 Å². The minimum Gasteiger partial charge on any atom is -0.486 e. The lowest BCUT2D eigenvalue weighted by atomic mass is 9.89. The summed E-state index contributed by atoms with van der Waals surface area (Å²) in [4.78, 5) is 46.7. The molecular formula is C32H26F4N6O5. The number of pyridine rings is 2. The van der Waals surface area contributed by atoms with Crippen LogP contribution in [0.25, 0.3) is 22.2 Å². The molecule has 2 aromatic carbocycles. The highest BCUT2D eigenvalue weighted by atomic mass is 19.4. The van der Waals surface area contributed by atoms with E-state index in [9.17, 15) is 37.1 Å². The van der Waals surface area contributed by atoms with Gasteiger partial charge in [0.25, 0.3) is 5.91 Å². The molecule has 242 valence electrons. The standard InChI is InChI=1S/C32H26F4N6O5/c33-18-5-3-15(4-6-18)25-26-20(30(28(37)44)13-23(30)47-26)12-22(42-25)31(46,32(34,35)36)14-39-27(43)17-10-16-2-1-9-38-24(16)21(11-17)41-29(45)40-19-7-8-19/h1-6,9-12,19,23,46H,7-8,13-14H2,(H2,37,44)(H,39,43)(H2,40,41,45)/t23?,30-,31?/m1/s1. The van der Waals surface area contributed by atoms with Crippen LogP contribution in [0.2, 0.25) is 0 Å². The Labute approximate surface area is 263 Å². The largest absolute Gasteiger partial charge is 0.486 e. The zero-order chi connectivity index (χ0) is 33.3. The number of fused-ring (bicyclic) bond motifs is 4. The Kier molecular flexibility index (Phi) is 6.86. The number of amides is 4. The second-order valence-corrected chi connectivity index (χ2v) is 11.9. The van der Waals surface area contributed by atoms with Gasteiger partial charge >= 0.3 is 12.2 Å². The minimum absolute atomic E-state index is 0.000469. The topological polar surface area (TPSA) is 169 Å². The molecule has 0 radical (unpaired) electrons. The van der Waals surface area contributed by atoms with E-state index in [1.54, 1.807) is 12.1 Å². The Morgan fingerprint density at radius 2 is 1.83 bits per heavy atom. The molecular weight excluding hydrogens is 624 g/mol. The number of carbonyl (C=O) groups excluding carboxylic acids is 3. The minimum atomic E-state index is -5.38. The van der Waals surface area contributed by atoms with E-state index in [2.05, 4.69) is 25.9 Å². The number of hydrogen-bond donors (Lipinski definition) is 5. The van der Waals surface area contributed by atoms with E-state index in [1.165, 1.54) is 30.5 Å². The highest BCUT2D eigenvalue weighted by Gasteiger charge is 2.69. The molecule has 7 rings (SSSR count). The lowest BCUT2D eigenvalue weighted by Gasteiger charge is -2.31. The van der Waals surface area contributed by atoms with Crippen LogP contribution < -0.4 is 26.4 Å². The van der Waals surface area contributed by atoms with Crippen LogP contribution in [-0.4, -0.2) is 57.8 Å². The summed E-state index contributed by atoms with van der Waals surface area (Å²) < 4.78 is 63.9. The van der Waals surface area contributed by atoms with Gasteiger partial charge in [0.15, 0.2) is 5.75 Å². The van der Waals surface area contributed by atoms with E-state index >= 15 is 0 Å². The second kappa shape index (κ2) is 10.6. The molecule has 2 fully saturated rings. The Balaban J connectivity index is 1.24. The van der Waals surface area contributed by atoms with Crippen LogP contribution in [0.5, 0.6) is 5.75 Å². The van der Waals surface area contributed by atoms with E-state index in [-0.39, 0.29) is 46.3 Å². The number of nitrogens with two attached hydrogens (primary N) is 1. The third kappa shape index (κ3) is 5.16. The van der Waals surface area contributed by atoms with Crippen molar-refractivity contribution in [2.45, 2.75) is 48.6 Å². The third-order valence-corrected chi connectivity index (χ3v) is 8.69. The van der Waals surface area contributed by atoms with Crippen LogP contribution in [0.4, 0.5) is 28.0 Å². The summed E-state index contributed by atoms with van der Waals surface area (Å²) in [5.41, 5.74) is -0.0803. The van der Waals surface area contributed by atoms with Gasteiger partial charge in [0.1, 0.15) is 23.0 Å². The smallest absolute Gasteiger partial charge is 0.424 e. The lowest BCUT2D eigenvalue weighted by molar-refractivity contribution is -0.265. The van der Waals surface area contributed by atoms with Crippen LogP contribution in [0, 0.1) is 5.82 Å². The number of urea groups is 1. The number of anilines is 1. The van der Waals surface area contributed by atoms with Crippen LogP contribution >= 0.6 is 0 Å². The van der Waals surface area contributed by atoms with Crippen LogP contribution in [0.3, 0.4) is 0 Å². The summed E-state index contributed by atoms with van der Waals surface area (Å²) in [6, 6.07) is 11.0. The maximum Gasteiger partial charge on any atom is 0.424 e. The number of ether oxygens (including phenoxy) is 1. The van der Waals surface area contributed by atoms with Gasteiger partial charge in [-0.05, 0) is 61.4 Å². The SMILES string of the molecule is NC(=O)[C@@]12CC1Oc1c2cc(C(O)(CNC(=O)c2cc(NC(=O)NC3CC3)c3ncccc3c2)C(F)(F)F)nc1-c1ccc(F)cc1. The zero-order valence-corrected chi connectivity index (χ0v) is 24.3. The summed E-state index contributed by atoms with van der Waals surface area (Å²) in [5, 5.41) is 19.3. The molecule has 2 aliphatic carbocycles. The van der Waals surface area contributed by atoms with Gasteiger partial charge in [0, 0.05) is 40.7 Å². The van der Waals surface area contributed by atoms with Gasteiger partial charge in [-0.1, -0.05) is 6.07 Å². The molecule has 3 aliphatic rings. The molecule has 0 bridgehead atoms. The average Bonchev–Trinajstić information content (AvgIpc) is 3.96. The van der Waals surface area contributed by atoms with Gasteiger partial charge in [0.05, 0.1) is 23.4 Å². The van der Waals surface area contributed by atoms with Crippen molar-refractivity contribution in [3.8, 4) is 17.0 Å². The molecule has 1 aliphatic heterocycles. The molecule has 47 heavy (non-hydrogen) atoms. The summed E-state index contributed by atoms with van der Waals surface area (Å²) in [5.74, 6) is -2.43. The predicted octanol–water partition coefficient (Wildman–Crippen LogP) is 3.79. The Morgan fingerprint density at radius 3 is 2.51 bits per heavy atom. The fourth-order valence-electron chi connectivity index (χ4n) is 5.83. The first-order chi connectivity index (χ1) is 22.3. The normalized spacial score (nSPS) is 20.7. The number of aromatic nitrogens is 2. The Bertz CT molecular complexity index is 1970. The monoisotopic (exact) mass is 650 g/mol. The van der Waals surface area contributed by atoms with Crippen molar-refractivity contribution >= 4 is 34.4 Å². The second-order valence-electron chi connectivity index (χ2n) is 11.9. The van der Waals surface area contributed by atoms with Crippen molar-refractivity contribution in [2.24, 2.45) is 5.73 Å². The van der Waals surface area contributed by atoms with E-state index in [0.29, 0.717) is 10.9 Å². The summed E-state index contributed by atoms with van der Waals surface area (Å²) in [7, 11) is 0. The first-order valence-corrected chi connectivity index (χ1v) is 14.6. The molecule has 2 aromatic heterocycles. The number of nitrogens with zero attached hydrogens (tertiary/aromatic N) is 2. The number of primary amides is 1. The maximum atomic E-state index is 14.8. The fourth-order valence-corrected chi connectivity index (χ4v) is 5.83. The predicted molar refractivity (Wildman–Crippen MR) is 159 cm³/mol. The zero-order valence-electron chi connectivity index (χ0n) is 24.3. The van der Waals surface area contributed by atoms with Crippen molar-refractivity contribution in [2.75, 3.05) is 11.9 Å². The first-order valence-electron chi connectivity index (χ1n) is 14.6. The number of nitrogens with one attached hydrogen (secondary N) is 3. The highest BCUT2D eigenvalue weighted by Crippen LogP contribution is 2.61. The highest BCUT2D eigenvalue weighted by molar-refractivity contribution is 6.05. The molecule has 11 nitrogen and oxygen atoms in total. The average molecular weight is 651 g/mol. The summed E-state index contributed by atoms with van der Waals surface area (Å²) >= 11 is 0.